The van der Waals surface area contributed by atoms with Gasteiger partial charge in [-0.05, 0) is 54.1 Å². The molecular formula is C19H16ClN3O3S. The van der Waals surface area contributed by atoms with Crippen molar-refractivity contribution in [1.29, 1.82) is 0 Å². The fraction of sp³-hybridized carbons (Fsp3) is 0.158. The molecule has 1 aliphatic heterocycles. The van der Waals surface area contributed by atoms with Gasteiger partial charge in [0.1, 0.15) is 5.75 Å². The molecule has 6 nitrogen and oxygen atoms in total. The van der Waals surface area contributed by atoms with E-state index in [1.807, 2.05) is 24.3 Å². The van der Waals surface area contributed by atoms with E-state index in [-0.39, 0.29) is 18.1 Å². The Morgan fingerprint density at radius 2 is 1.93 bits per heavy atom. The molecule has 0 bridgehead atoms. The summed E-state index contributed by atoms with van der Waals surface area (Å²) < 4.78 is 5.09. The lowest BCUT2D eigenvalue weighted by molar-refractivity contribution is -0.118. The Morgan fingerprint density at radius 3 is 2.59 bits per heavy atom. The van der Waals surface area contributed by atoms with E-state index < -0.39 is 5.25 Å². The molecule has 0 radical (unpaired) electrons. The van der Waals surface area contributed by atoms with E-state index in [0.717, 1.165) is 11.3 Å². The van der Waals surface area contributed by atoms with Gasteiger partial charge in [-0.3, -0.25) is 9.59 Å². The number of amides is 1. The standard InChI is InChI=1S/C19H16ClN3O3S/c1-26-15-8-2-12(3-9-15)11-21-23-19-22-18(25)17(27-19)10-16(24)13-4-6-14(20)7-5-13/h2-9,11,17H,10H2,1H3,(H,22,23,25)/b21-11+. The van der Waals surface area contributed by atoms with Crippen molar-refractivity contribution in [2.45, 2.75) is 11.7 Å². The molecule has 1 atom stereocenters. The largest absolute Gasteiger partial charge is 0.497 e. The maximum absolute atomic E-state index is 12.3. The van der Waals surface area contributed by atoms with Crippen LogP contribution in [0.3, 0.4) is 0 Å². The third kappa shape index (κ3) is 5.18. The van der Waals surface area contributed by atoms with Crippen molar-refractivity contribution >= 4 is 46.4 Å². The summed E-state index contributed by atoms with van der Waals surface area (Å²) in [5, 5.41) is 11.0. The molecular weight excluding hydrogens is 386 g/mol. The zero-order chi connectivity index (χ0) is 19.2. The fourth-order valence-electron chi connectivity index (χ4n) is 2.35. The quantitative estimate of drug-likeness (QED) is 0.456. The predicted octanol–water partition coefficient (Wildman–Crippen LogP) is 3.54. The van der Waals surface area contributed by atoms with Gasteiger partial charge >= 0.3 is 0 Å². The van der Waals surface area contributed by atoms with E-state index in [9.17, 15) is 9.59 Å². The fourth-order valence-corrected chi connectivity index (χ4v) is 3.40. The van der Waals surface area contributed by atoms with Crippen LogP contribution in [0.4, 0.5) is 0 Å². The second kappa shape index (κ2) is 8.83. The van der Waals surface area contributed by atoms with Crippen LogP contribution in [-0.2, 0) is 4.79 Å². The van der Waals surface area contributed by atoms with Crippen LogP contribution in [0.2, 0.25) is 5.02 Å². The Labute approximate surface area is 165 Å². The Hall–Kier alpha value is -2.64. The number of methoxy groups -OCH3 is 1. The number of nitrogens with zero attached hydrogens (tertiary/aromatic N) is 2. The minimum Gasteiger partial charge on any atom is -0.497 e. The number of Topliss-reactive ketones (excluding diaryl/α,β-unsaturated/α-hetero) is 1. The van der Waals surface area contributed by atoms with Gasteiger partial charge in [-0.25, -0.2) is 0 Å². The molecule has 0 aliphatic carbocycles. The summed E-state index contributed by atoms with van der Waals surface area (Å²) in [6.45, 7) is 0. The number of carbonyl (C=O) groups excluding carboxylic acids is 2. The first-order valence-electron chi connectivity index (χ1n) is 8.06. The molecule has 1 fully saturated rings. The third-order valence-electron chi connectivity index (χ3n) is 3.78. The van der Waals surface area contributed by atoms with E-state index in [1.165, 1.54) is 11.8 Å². The van der Waals surface area contributed by atoms with Crippen molar-refractivity contribution < 1.29 is 14.3 Å². The molecule has 0 spiro atoms. The summed E-state index contributed by atoms with van der Waals surface area (Å²) in [6, 6.07) is 13.9. The Kier molecular flexibility index (Phi) is 6.26. The molecule has 1 saturated heterocycles. The highest BCUT2D eigenvalue weighted by Gasteiger charge is 2.32. The number of benzene rings is 2. The van der Waals surface area contributed by atoms with Crippen LogP contribution in [0.5, 0.6) is 5.75 Å². The lowest BCUT2D eigenvalue weighted by Gasteiger charge is -2.04. The normalized spacial score (nSPS) is 18.1. The van der Waals surface area contributed by atoms with Crippen LogP contribution in [0.1, 0.15) is 22.3 Å². The van der Waals surface area contributed by atoms with Gasteiger partial charge in [0.05, 0.1) is 18.6 Å². The van der Waals surface area contributed by atoms with Crippen LogP contribution < -0.4 is 10.1 Å². The minimum absolute atomic E-state index is 0.0827. The number of halogens is 1. The molecule has 3 rings (SSSR count). The van der Waals surface area contributed by atoms with Gasteiger partial charge in [0.25, 0.3) is 0 Å². The number of rotatable bonds is 6. The van der Waals surface area contributed by atoms with E-state index in [0.29, 0.717) is 15.8 Å². The summed E-state index contributed by atoms with van der Waals surface area (Å²) >= 11 is 7.02. The SMILES string of the molecule is COc1ccc(/C=N/N=C2\NC(=O)C(CC(=O)c3ccc(Cl)cc3)S2)cc1. The molecule has 1 heterocycles. The highest BCUT2D eigenvalue weighted by molar-refractivity contribution is 8.15. The van der Waals surface area contributed by atoms with Gasteiger partial charge in [0.15, 0.2) is 11.0 Å². The number of nitrogens with one attached hydrogen (secondary N) is 1. The summed E-state index contributed by atoms with van der Waals surface area (Å²) in [5.74, 6) is 0.383. The van der Waals surface area contributed by atoms with Crippen molar-refractivity contribution in [2.24, 2.45) is 10.2 Å². The van der Waals surface area contributed by atoms with Crippen LogP contribution in [-0.4, -0.2) is 35.4 Å². The number of amidine groups is 1. The molecule has 0 aromatic heterocycles. The number of ether oxygens (including phenoxy) is 1. The smallest absolute Gasteiger partial charge is 0.240 e. The topological polar surface area (TPSA) is 80.1 Å². The second-order valence-electron chi connectivity index (χ2n) is 5.65. The first-order valence-corrected chi connectivity index (χ1v) is 9.32. The maximum Gasteiger partial charge on any atom is 0.240 e. The average Bonchev–Trinajstić information content (AvgIpc) is 3.02. The monoisotopic (exact) mass is 401 g/mol. The lowest BCUT2D eigenvalue weighted by Crippen LogP contribution is -2.26. The van der Waals surface area contributed by atoms with Crippen LogP contribution in [0.15, 0.2) is 58.7 Å². The van der Waals surface area contributed by atoms with Gasteiger partial charge in [0, 0.05) is 17.0 Å². The van der Waals surface area contributed by atoms with Gasteiger partial charge < -0.3 is 10.1 Å². The molecule has 138 valence electrons. The van der Waals surface area contributed by atoms with Crippen molar-refractivity contribution in [3.63, 3.8) is 0 Å². The summed E-state index contributed by atoms with van der Waals surface area (Å²) in [4.78, 5) is 24.4. The highest BCUT2D eigenvalue weighted by Crippen LogP contribution is 2.24. The Morgan fingerprint density at radius 1 is 1.22 bits per heavy atom. The first kappa shape index (κ1) is 19.1. The van der Waals surface area contributed by atoms with E-state index >= 15 is 0 Å². The van der Waals surface area contributed by atoms with E-state index in [2.05, 4.69) is 15.5 Å². The van der Waals surface area contributed by atoms with Crippen molar-refractivity contribution in [3.8, 4) is 5.75 Å². The molecule has 1 unspecified atom stereocenters. The predicted molar refractivity (Wildman–Crippen MR) is 108 cm³/mol. The number of hydrogen-bond acceptors (Lipinski definition) is 6. The molecule has 1 amide bonds. The van der Waals surface area contributed by atoms with Crippen molar-refractivity contribution in [2.75, 3.05) is 7.11 Å². The number of thioether (sulfide) groups is 1. The van der Waals surface area contributed by atoms with E-state index in [1.54, 1.807) is 37.6 Å². The van der Waals surface area contributed by atoms with E-state index in [4.69, 9.17) is 16.3 Å². The van der Waals surface area contributed by atoms with Crippen LogP contribution >= 0.6 is 23.4 Å². The molecule has 0 saturated carbocycles. The number of ketones is 1. The number of carbonyl (C=O) groups is 2. The molecule has 27 heavy (non-hydrogen) atoms. The Balaban J connectivity index is 1.59. The Bertz CT molecular complexity index is 895. The zero-order valence-electron chi connectivity index (χ0n) is 14.4. The minimum atomic E-state index is -0.525. The molecule has 1 aliphatic rings. The number of hydrogen-bond donors (Lipinski definition) is 1. The van der Waals surface area contributed by atoms with Gasteiger partial charge in [-0.15, -0.1) is 5.10 Å². The van der Waals surface area contributed by atoms with Gasteiger partial charge in [-0.2, -0.15) is 5.10 Å². The van der Waals surface area contributed by atoms with Crippen molar-refractivity contribution in [3.05, 3.63) is 64.7 Å². The average molecular weight is 402 g/mol. The first-order chi connectivity index (χ1) is 13.0. The summed E-state index contributed by atoms with van der Waals surface area (Å²) in [6.07, 6.45) is 1.66. The summed E-state index contributed by atoms with van der Waals surface area (Å²) in [5.41, 5.74) is 1.37. The molecule has 2 aromatic carbocycles. The van der Waals surface area contributed by atoms with Gasteiger partial charge in [0.2, 0.25) is 5.91 Å². The maximum atomic E-state index is 12.3. The molecule has 8 heteroatoms. The highest BCUT2D eigenvalue weighted by atomic mass is 35.5. The van der Waals surface area contributed by atoms with Crippen molar-refractivity contribution in [1.82, 2.24) is 5.32 Å². The lowest BCUT2D eigenvalue weighted by atomic mass is 10.1. The molecule has 2 aromatic rings. The molecule has 1 N–H and O–H groups in total. The van der Waals surface area contributed by atoms with Crippen LogP contribution in [0, 0.1) is 0 Å². The van der Waals surface area contributed by atoms with Crippen LogP contribution in [0.25, 0.3) is 0 Å². The summed E-state index contributed by atoms with van der Waals surface area (Å²) in [7, 11) is 1.60. The third-order valence-corrected chi connectivity index (χ3v) is 5.11. The second-order valence-corrected chi connectivity index (χ2v) is 7.28. The van der Waals surface area contributed by atoms with Gasteiger partial charge in [-0.1, -0.05) is 23.4 Å². The zero-order valence-corrected chi connectivity index (χ0v) is 16.0.